The molecule has 1 saturated carbocycles. The Morgan fingerprint density at radius 3 is 2.76 bits per heavy atom. The first kappa shape index (κ1) is 18.8. The van der Waals surface area contributed by atoms with Gasteiger partial charge >= 0.3 is 0 Å². The van der Waals surface area contributed by atoms with Gasteiger partial charge in [0.15, 0.2) is 0 Å². The number of aromatic amines is 1. The molecule has 2 heterocycles. The molecule has 9 heteroatoms. The molecule has 2 aliphatic rings. The summed E-state index contributed by atoms with van der Waals surface area (Å²) in [5.74, 6) is 1.64. The second-order valence-electron chi connectivity index (χ2n) is 6.63. The van der Waals surface area contributed by atoms with E-state index in [1.807, 2.05) is 0 Å². The summed E-state index contributed by atoms with van der Waals surface area (Å²) in [5, 5.41) is 3.02. The quantitative estimate of drug-likeness (QED) is 0.700. The van der Waals surface area contributed by atoms with Gasteiger partial charge in [0.05, 0.1) is 0 Å². The van der Waals surface area contributed by atoms with Gasteiger partial charge in [-0.3, -0.25) is 4.79 Å². The zero-order valence-electron chi connectivity index (χ0n) is 14.2. The van der Waals surface area contributed by atoms with E-state index in [-0.39, 0.29) is 22.5 Å². The van der Waals surface area contributed by atoms with Crippen molar-refractivity contribution >= 4 is 27.7 Å². The molecule has 1 amide bonds. The van der Waals surface area contributed by atoms with Gasteiger partial charge in [0, 0.05) is 36.8 Å². The Labute approximate surface area is 153 Å². The molecule has 2 unspecified atom stereocenters. The highest BCUT2D eigenvalue weighted by atomic mass is 32.2. The van der Waals surface area contributed by atoms with Gasteiger partial charge < -0.3 is 16.0 Å². The third kappa shape index (κ3) is 4.21. The lowest BCUT2D eigenvalue weighted by Crippen LogP contribution is -2.44. The van der Waals surface area contributed by atoms with Crippen molar-refractivity contribution in [3.8, 4) is 0 Å². The van der Waals surface area contributed by atoms with E-state index in [1.165, 1.54) is 16.6 Å². The highest BCUT2D eigenvalue weighted by Gasteiger charge is 2.29. The van der Waals surface area contributed by atoms with Crippen LogP contribution in [0.25, 0.3) is 0 Å². The van der Waals surface area contributed by atoms with Crippen LogP contribution in [0.1, 0.15) is 36.2 Å². The Balaban J connectivity index is 1.69. The Kier molecular flexibility index (Phi) is 6.08. The smallest absolute Gasteiger partial charge is 0.267 e. The second kappa shape index (κ2) is 8.11. The number of sulfonamides is 1. The highest BCUT2D eigenvalue weighted by Crippen LogP contribution is 2.24. The molecule has 1 aromatic rings. The molecule has 7 nitrogen and oxygen atoms in total. The third-order valence-corrected chi connectivity index (χ3v) is 7.86. The minimum Gasteiger partial charge on any atom is -0.356 e. The van der Waals surface area contributed by atoms with Gasteiger partial charge in [0.2, 0.25) is 10.0 Å². The minimum absolute atomic E-state index is 0.0636. The molecule has 2 fully saturated rings. The molecule has 4 N–H and O–H groups in total. The molecule has 140 valence electrons. The number of rotatable bonds is 5. The number of H-pyrrole nitrogens is 1. The van der Waals surface area contributed by atoms with Crippen molar-refractivity contribution in [1.29, 1.82) is 0 Å². The lowest BCUT2D eigenvalue weighted by Gasteiger charge is -2.31. The van der Waals surface area contributed by atoms with Crippen molar-refractivity contribution in [3.63, 3.8) is 0 Å². The van der Waals surface area contributed by atoms with Crippen LogP contribution in [-0.2, 0) is 10.0 Å². The van der Waals surface area contributed by atoms with Crippen molar-refractivity contribution in [2.24, 2.45) is 11.7 Å². The normalized spacial score (nSPS) is 25.6. The Bertz CT molecular complexity index is 698. The zero-order chi connectivity index (χ0) is 17.9. The van der Waals surface area contributed by atoms with Crippen molar-refractivity contribution in [2.45, 2.75) is 36.6 Å². The van der Waals surface area contributed by atoms with E-state index >= 15 is 0 Å². The number of nitrogens with zero attached hydrogens (tertiary/aromatic N) is 1. The van der Waals surface area contributed by atoms with Crippen LogP contribution in [0, 0.1) is 5.92 Å². The summed E-state index contributed by atoms with van der Waals surface area (Å²) in [5.41, 5.74) is 6.09. The van der Waals surface area contributed by atoms with Crippen LogP contribution in [0.3, 0.4) is 0 Å². The predicted octanol–water partition coefficient (Wildman–Crippen LogP) is 1.000. The minimum atomic E-state index is -3.53. The van der Waals surface area contributed by atoms with Crippen LogP contribution in [0.4, 0.5) is 0 Å². The topological polar surface area (TPSA) is 108 Å². The molecule has 0 bridgehead atoms. The molecule has 1 aliphatic carbocycles. The second-order valence-corrected chi connectivity index (χ2v) is 9.79. The van der Waals surface area contributed by atoms with Gasteiger partial charge in [-0.25, -0.2) is 8.42 Å². The van der Waals surface area contributed by atoms with Crippen molar-refractivity contribution in [1.82, 2.24) is 14.6 Å². The van der Waals surface area contributed by atoms with Crippen LogP contribution in [0.15, 0.2) is 17.2 Å². The monoisotopic (exact) mass is 386 g/mol. The summed E-state index contributed by atoms with van der Waals surface area (Å²) in [4.78, 5) is 15.5. The van der Waals surface area contributed by atoms with E-state index in [4.69, 9.17) is 5.73 Å². The maximum Gasteiger partial charge on any atom is 0.267 e. The maximum atomic E-state index is 12.7. The number of aromatic nitrogens is 1. The maximum absolute atomic E-state index is 12.7. The largest absolute Gasteiger partial charge is 0.356 e. The summed E-state index contributed by atoms with van der Waals surface area (Å²) in [6.45, 7) is 1.59. The molecule has 1 aromatic heterocycles. The van der Waals surface area contributed by atoms with E-state index < -0.39 is 10.0 Å². The first-order valence-electron chi connectivity index (χ1n) is 8.79. The number of carbonyl (C=O) groups excluding carboxylic acids is 1. The summed E-state index contributed by atoms with van der Waals surface area (Å²) in [6.07, 6.45) is 5.59. The average molecular weight is 387 g/mol. The summed E-state index contributed by atoms with van der Waals surface area (Å²) in [7, 11) is -3.53. The lowest BCUT2D eigenvalue weighted by atomic mass is 9.84. The molecular formula is C16H26N4O3S2. The number of nitrogens with one attached hydrogen (secondary N) is 2. The number of hydrogen-bond donors (Lipinski definition) is 3. The first-order chi connectivity index (χ1) is 12.0. The van der Waals surface area contributed by atoms with Crippen LogP contribution in [-0.4, -0.2) is 60.8 Å². The fourth-order valence-electron chi connectivity index (χ4n) is 3.52. The molecule has 25 heavy (non-hydrogen) atoms. The number of amides is 1. The molecular weight excluding hydrogens is 360 g/mol. The predicted molar refractivity (Wildman–Crippen MR) is 99.1 cm³/mol. The SMILES string of the molecule is NCC1CCCCC1NC(=O)c1cc(S(=O)(=O)N2CCSCC2)c[nH]1. The van der Waals surface area contributed by atoms with Gasteiger partial charge in [0.1, 0.15) is 10.6 Å². The van der Waals surface area contributed by atoms with Crippen LogP contribution >= 0.6 is 11.8 Å². The fourth-order valence-corrected chi connectivity index (χ4v) is 6.09. The van der Waals surface area contributed by atoms with Gasteiger partial charge in [-0.05, 0) is 31.4 Å². The molecule has 3 rings (SSSR count). The Morgan fingerprint density at radius 2 is 2.04 bits per heavy atom. The third-order valence-electron chi connectivity index (χ3n) is 5.04. The molecule has 0 radical (unpaired) electrons. The first-order valence-corrected chi connectivity index (χ1v) is 11.4. The van der Waals surface area contributed by atoms with E-state index in [9.17, 15) is 13.2 Å². The summed E-state index contributed by atoms with van der Waals surface area (Å²) < 4.78 is 26.8. The van der Waals surface area contributed by atoms with E-state index in [1.54, 1.807) is 11.8 Å². The molecule has 0 aromatic carbocycles. The highest BCUT2D eigenvalue weighted by molar-refractivity contribution is 7.99. The fraction of sp³-hybridized carbons (Fsp3) is 0.688. The zero-order valence-corrected chi connectivity index (χ0v) is 15.9. The average Bonchev–Trinajstić information content (AvgIpc) is 3.14. The standard InChI is InChI=1S/C16H26N4O3S2/c17-10-12-3-1-2-4-14(12)19-16(21)15-9-13(11-18-15)25(22,23)20-5-7-24-8-6-20/h9,11-12,14,18H,1-8,10,17H2,(H,19,21). The lowest BCUT2D eigenvalue weighted by molar-refractivity contribution is 0.0903. The molecule has 1 aliphatic heterocycles. The van der Waals surface area contributed by atoms with E-state index in [0.29, 0.717) is 25.6 Å². The Hall–Kier alpha value is -1.03. The molecule has 2 atom stereocenters. The van der Waals surface area contributed by atoms with Gasteiger partial charge in [-0.2, -0.15) is 16.1 Å². The number of nitrogens with two attached hydrogens (primary N) is 1. The van der Waals surface area contributed by atoms with Gasteiger partial charge in [0.25, 0.3) is 5.91 Å². The van der Waals surface area contributed by atoms with Crippen LogP contribution in [0.5, 0.6) is 0 Å². The van der Waals surface area contributed by atoms with Gasteiger partial charge in [-0.15, -0.1) is 0 Å². The van der Waals surface area contributed by atoms with Crippen molar-refractivity contribution in [2.75, 3.05) is 31.1 Å². The number of thioether (sulfide) groups is 1. The number of hydrogen-bond acceptors (Lipinski definition) is 5. The molecule has 1 saturated heterocycles. The summed E-state index contributed by atoms with van der Waals surface area (Å²) >= 11 is 1.75. The molecule has 0 spiro atoms. The van der Waals surface area contributed by atoms with Crippen molar-refractivity contribution < 1.29 is 13.2 Å². The van der Waals surface area contributed by atoms with E-state index in [0.717, 1.165) is 37.2 Å². The number of carbonyl (C=O) groups is 1. The summed E-state index contributed by atoms with van der Waals surface area (Å²) in [6, 6.07) is 1.50. The van der Waals surface area contributed by atoms with Crippen LogP contribution < -0.4 is 11.1 Å². The van der Waals surface area contributed by atoms with Crippen LogP contribution in [0.2, 0.25) is 0 Å². The van der Waals surface area contributed by atoms with Crippen molar-refractivity contribution in [3.05, 3.63) is 18.0 Å². The van der Waals surface area contributed by atoms with E-state index in [2.05, 4.69) is 10.3 Å². The Morgan fingerprint density at radius 1 is 1.32 bits per heavy atom. The van der Waals surface area contributed by atoms with Gasteiger partial charge in [-0.1, -0.05) is 12.8 Å².